The van der Waals surface area contributed by atoms with Gasteiger partial charge in [0.05, 0.1) is 0 Å². The number of aryl methyl sites for hydroxylation is 1. The maximum atomic E-state index is 12.9. The number of amides is 2. The lowest BCUT2D eigenvalue weighted by Gasteiger charge is -2.30. The minimum absolute atomic E-state index is 0.0413. The van der Waals surface area contributed by atoms with Crippen LogP contribution in [-0.2, 0) is 16.0 Å². The molecule has 1 fully saturated rings. The summed E-state index contributed by atoms with van der Waals surface area (Å²) in [6.45, 7) is 2.80. The summed E-state index contributed by atoms with van der Waals surface area (Å²) in [4.78, 5) is 30.3. The number of halogens is 1. The van der Waals surface area contributed by atoms with E-state index >= 15 is 0 Å². The number of hydrogen-bond acceptors (Lipinski definition) is 5. The summed E-state index contributed by atoms with van der Waals surface area (Å²) in [5.74, 6) is -0.668. The Morgan fingerprint density at radius 2 is 2.12 bits per heavy atom. The Morgan fingerprint density at radius 1 is 1.36 bits per heavy atom. The van der Waals surface area contributed by atoms with Gasteiger partial charge in [0.15, 0.2) is 5.82 Å². The number of benzene rings is 1. The highest BCUT2D eigenvalue weighted by Crippen LogP contribution is 2.25. The largest absolute Gasteiger partial charge is 0.339 e. The number of aromatic nitrogens is 2. The number of hydrogen-bond donors (Lipinski definition) is 1. The second kappa shape index (κ2) is 7.42. The Balaban J connectivity index is 1.62. The monoisotopic (exact) mass is 346 g/mol. The highest BCUT2D eigenvalue weighted by molar-refractivity contribution is 6.39. The summed E-state index contributed by atoms with van der Waals surface area (Å²) in [6.07, 6.45) is 2.25. The van der Waals surface area contributed by atoms with Gasteiger partial charge in [-0.1, -0.05) is 12.1 Å². The third-order valence-corrected chi connectivity index (χ3v) is 4.16. The predicted octanol–water partition coefficient (Wildman–Crippen LogP) is 2.12. The number of likely N-dealkylation sites (tertiary alicyclic amines) is 1. The molecule has 1 unspecified atom stereocenters. The van der Waals surface area contributed by atoms with E-state index in [0.717, 1.165) is 12.8 Å². The second-order valence-corrected chi connectivity index (χ2v) is 5.95. The maximum absolute atomic E-state index is 12.9. The van der Waals surface area contributed by atoms with Gasteiger partial charge in [-0.25, -0.2) is 4.39 Å². The summed E-state index contributed by atoms with van der Waals surface area (Å²) in [6, 6.07) is 5.26. The molecule has 2 aromatic rings. The first kappa shape index (κ1) is 17.1. The highest BCUT2D eigenvalue weighted by atomic mass is 19.1. The average molecular weight is 346 g/mol. The first-order valence-electron chi connectivity index (χ1n) is 8.25. The lowest BCUT2D eigenvalue weighted by molar-refractivity contribution is -0.144. The number of nitrogens with one attached hydrogen (secondary N) is 1. The van der Waals surface area contributed by atoms with Crippen LogP contribution in [0, 0.1) is 5.82 Å². The van der Waals surface area contributed by atoms with Gasteiger partial charge in [-0.15, -0.1) is 0 Å². The van der Waals surface area contributed by atoms with Crippen molar-refractivity contribution in [2.45, 2.75) is 32.1 Å². The topological polar surface area (TPSA) is 88.3 Å². The minimum atomic E-state index is -0.741. The Morgan fingerprint density at radius 3 is 2.80 bits per heavy atom. The molecule has 1 aromatic carbocycles. The fraction of sp³-hybridized carbons (Fsp3) is 0.412. The van der Waals surface area contributed by atoms with Crippen molar-refractivity contribution < 1.29 is 18.5 Å². The Kier molecular flexibility index (Phi) is 5.06. The van der Waals surface area contributed by atoms with Gasteiger partial charge in [-0.3, -0.25) is 9.59 Å². The molecule has 0 spiro atoms. The zero-order valence-electron chi connectivity index (χ0n) is 13.9. The van der Waals surface area contributed by atoms with E-state index in [1.807, 2.05) is 6.92 Å². The number of rotatable bonds is 3. The van der Waals surface area contributed by atoms with E-state index in [9.17, 15) is 14.0 Å². The van der Waals surface area contributed by atoms with Gasteiger partial charge in [-0.2, -0.15) is 4.98 Å². The van der Waals surface area contributed by atoms with Crippen LogP contribution in [0.2, 0.25) is 0 Å². The summed E-state index contributed by atoms with van der Waals surface area (Å²) >= 11 is 0. The van der Waals surface area contributed by atoms with Crippen molar-refractivity contribution in [1.29, 1.82) is 0 Å². The van der Waals surface area contributed by atoms with Gasteiger partial charge >= 0.3 is 11.8 Å². The third-order valence-electron chi connectivity index (χ3n) is 4.16. The second-order valence-electron chi connectivity index (χ2n) is 5.95. The average Bonchev–Trinajstić information content (AvgIpc) is 3.12. The van der Waals surface area contributed by atoms with E-state index in [4.69, 9.17) is 4.52 Å². The smallest absolute Gasteiger partial charge is 0.313 e. The Labute approximate surface area is 144 Å². The maximum Gasteiger partial charge on any atom is 0.313 e. The fourth-order valence-corrected chi connectivity index (χ4v) is 2.81. The predicted molar refractivity (Wildman–Crippen MR) is 87.3 cm³/mol. The van der Waals surface area contributed by atoms with E-state index in [2.05, 4.69) is 15.5 Å². The summed E-state index contributed by atoms with van der Waals surface area (Å²) < 4.78 is 18.0. The molecule has 7 nitrogen and oxygen atoms in total. The number of nitrogens with zero attached hydrogens (tertiary/aromatic N) is 3. The number of carbonyl (C=O) groups is 2. The minimum Gasteiger partial charge on any atom is -0.339 e. The first-order chi connectivity index (χ1) is 12.1. The molecule has 1 N–H and O–H groups in total. The van der Waals surface area contributed by atoms with Crippen molar-refractivity contribution in [3.8, 4) is 0 Å². The van der Waals surface area contributed by atoms with Gasteiger partial charge in [0.1, 0.15) is 5.82 Å². The zero-order valence-corrected chi connectivity index (χ0v) is 13.9. The molecule has 25 heavy (non-hydrogen) atoms. The van der Waals surface area contributed by atoms with Crippen molar-refractivity contribution >= 4 is 17.5 Å². The van der Waals surface area contributed by atoms with Crippen molar-refractivity contribution in [2.75, 3.05) is 18.4 Å². The van der Waals surface area contributed by atoms with Crippen LogP contribution in [0.3, 0.4) is 0 Å². The molecule has 0 radical (unpaired) electrons. The molecule has 2 amide bonds. The molecule has 0 aliphatic carbocycles. The molecular formula is C17H19FN4O3. The molecule has 1 aliphatic heterocycles. The van der Waals surface area contributed by atoms with Crippen LogP contribution in [0.5, 0.6) is 0 Å². The number of anilines is 1. The third kappa shape index (κ3) is 4.01. The van der Waals surface area contributed by atoms with Crippen molar-refractivity contribution in [3.63, 3.8) is 0 Å². The van der Waals surface area contributed by atoms with Gasteiger partial charge in [0, 0.05) is 31.1 Å². The van der Waals surface area contributed by atoms with Crippen molar-refractivity contribution in [2.24, 2.45) is 0 Å². The van der Waals surface area contributed by atoms with E-state index in [1.54, 1.807) is 0 Å². The quantitative estimate of drug-likeness (QED) is 0.860. The van der Waals surface area contributed by atoms with Crippen LogP contribution in [0.4, 0.5) is 10.1 Å². The molecule has 0 bridgehead atoms. The van der Waals surface area contributed by atoms with E-state index in [1.165, 1.54) is 29.2 Å². The summed E-state index contributed by atoms with van der Waals surface area (Å²) in [5.41, 5.74) is 0.374. The lowest BCUT2D eigenvalue weighted by Crippen LogP contribution is -2.44. The fourth-order valence-electron chi connectivity index (χ4n) is 2.81. The molecule has 1 saturated heterocycles. The Hall–Kier alpha value is -2.77. The van der Waals surface area contributed by atoms with Crippen LogP contribution in [0.1, 0.15) is 37.4 Å². The van der Waals surface area contributed by atoms with Crippen LogP contribution in [0.15, 0.2) is 28.8 Å². The van der Waals surface area contributed by atoms with E-state index in [-0.39, 0.29) is 5.92 Å². The molecule has 1 aromatic heterocycles. The molecule has 0 saturated carbocycles. The van der Waals surface area contributed by atoms with Crippen LogP contribution in [-0.4, -0.2) is 39.9 Å². The standard InChI is InChI=1S/C17H19FN4O3/c1-2-14-20-15(21-25-14)11-4-3-9-22(10-11)17(24)16(23)19-13-7-5-12(18)6-8-13/h5-8,11H,2-4,9-10H2,1H3,(H,19,23). The van der Waals surface area contributed by atoms with Crippen molar-refractivity contribution in [1.82, 2.24) is 15.0 Å². The molecule has 8 heteroatoms. The molecule has 2 heterocycles. The summed E-state index contributed by atoms with van der Waals surface area (Å²) in [5, 5.41) is 6.45. The zero-order chi connectivity index (χ0) is 17.8. The first-order valence-corrected chi connectivity index (χ1v) is 8.25. The molecule has 132 valence electrons. The molecule has 3 rings (SSSR count). The highest BCUT2D eigenvalue weighted by Gasteiger charge is 2.30. The van der Waals surface area contributed by atoms with Crippen molar-refractivity contribution in [3.05, 3.63) is 41.8 Å². The van der Waals surface area contributed by atoms with Gasteiger partial charge in [-0.05, 0) is 37.1 Å². The lowest BCUT2D eigenvalue weighted by atomic mass is 9.97. The van der Waals surface area contributed by atoms with Gasteiger partial charge < -0.3 is 14.7 Å². The van der Waals surface area contributed by atoms with Crippen LogP contribution in [0.25, 0.3) is 0 Å². The Bertz CT molecular complexity index is 760. The van der Waals surface area contributed by atoms with E-state index in [0.29, 0.717) is 36.9 Å². The molecule has 1 aliphatic rings. The van der Waals surface area contributed by atoms with Gasteiger partial charge in [0.25, 0.3) is 0 Å². The molecular weight excluding hydrogens is 327 g/mol. The SMILES string of the molecule is CCc1nc(C2CCCN(C(=O)C(=O)Nc3ccc(F)cc3)C2)no1. The van der Waals surface area contributed by atoms with Crippen LogP contribution < -0.4 is 5.32 Å². The van der Waals surface area contributed by atoms with Gasteiger partial charge in [0.2, 0.25) is 5.89 Å². The van der Waals surface area contributed by atoms with Crippen LogP contribution >= 0.6 is 0 Å². The number of carbonyl (C=O) groups excluding carboxylic acids is 2. The number of piperidine rings is 1. The summed E-state index contributed by atoms with van der Waals surface area (Å²) in [7, 11) is 0. The normalized spacial score (nSPS) is 17.4. The van der Waals surface area contributed by atoms with E-state index < -0.39 is 17.6 Å². The molecule has 1 atom stereocenters.